The lowest BCUT2D eigenvalue weighted by molar-refractivity contribution is -0.131. The average Bonchev–Trinajstić information content (AvgIpc) is 3.01. The standard InChI is InChI=1S/C15H20N2O4/c1-19-9-3-8-16-15(18)14-10-13(17-21-14)11-4-6-12(20-2)7-5-11/h4-7,14H,3,8-10H2,1-2H3,(H,16,18). The molecule has 1 amide bonds. The predicted molar refractivity (Wildman–Crippen MR) is 78.5 cm³/mol. The van der Waals surface area contributed by atoms with E-state index >= 15 is 0 Å². The van der Waals surface area contributed by atoms with Crippen LogP contribution in [0.3, 0.4) is 0 Å². The van der Waals surface area contributed by atoms with Crippen LogP contribution in [0.5, 0.6) is 5.75 Å². The van der Waals surface area contributed by atoms with Crippen molar-refractivity contribution in [2.24, 2.45) is 5.16 Å². The van der Waals surface area contributed by atoms with Gasteiger partial charge in [-0.1, -0.05) is 5.16 Å². The van der Waals surface area contributed by atoms with Gasteiger partial charge in [0.2, 0.25) is 6.10 Å². The second kappa shape index (κ2) is 7.64. The lowest BCUT2D eigenvalue weighted by Crippen LogP contribution is -2.35. The summed E-state index contributed by atoms with van der Waals surface area (Å²) in [4.78, 5) is 17.1. The van der Waals surface area contributed by atoms with Gasteiger partial charge in [-0.2, -0.15) is 0 Å². The molecule has 0 radical (unpaired) electrons. The fourth-order valence-electron chi connectivity index (χ4n) is 2.01. The molecule has 6 nitrogen and oxygen atoms in total. The maximum Gasteiger partial charge on any atom is 0.264 e. The van der Waals surface area contributed by atoms with E-state index in [1.807, 2.05) is 24.3 Å². The zero-order valence-corrected chi connectivity index (χ0v) is 12.3. The van der Waals surface area contributed by atoms with Gasteiger partial charge >= 0.3 is 0 Å². The third-order valence-corrected chi connectivity index (χ3v) is 3.21. The van der Waals surface area contributed by atoms with Crippen LogP contribution in [0.2, 0.25) is 0 Å². The van der Waals surface area contributed by atoms with Gasteiger partial charge in [0.25, 0.3) is 5.91 Å². The van der Waals surface area contributed by atoms with E-state index in [4.69, 9.17) is 14.3 Å². The molecule has 1 unspecified atom stereocenters. The highest BCUT2D eigenvalue weighted by atomic mass is 16.6. The van der Waals surface area contributed by atoms with E-state index in [1.165, 1.54) is 0 Å². The summed E-state index contributed by atoms with van der Waals surface area (Å²) in [7, 11) is 3.26. The molecule has 2 rings (SSSR count). The Labute approximate surface area is 124 Å². The molecule has 21 heavy (non-hydrogen) atoms. The first-order chi connectivity index (χ1) is 10.2. The summed E-state index contributed by atoms with van der Waals surface area (Å²) in [6.45, 7) is 1.20. The van der Waals surface area contributed by atoms with E-state index in [0.717, 1.165) is 23.4 Å². The maximum atomic E-state index is 11.9. The van der Waals surface area contributed by atoms with Gasteiger partial charge in [-0.3, -0.25) is 4.79 Å². The number of carbonyl (C=O) groups is 1. The van der Waals surface area contributed by atoms with Crippen LogP contribution in [0, 0.1) is 0 Å². The Morgan fingerprint density at radius 3 is 2.81 bits per heavy atom. The fourth-order valence-corrected chi connectivity index (χ4v) is 2.01. The van der Waals surface area contributed by atoms with Crippen LogP contribution in [0.1, 0.15) is 18.4 Å². The minimum absolute atomic E-state index is 0.140. The minimum atomic E-state index is -0.551. The molecule has 0 bridgehead atoms. The molecular weight excluding hydrogens is 272 g/mol. The third-order valence-electron chi connectivity index (χ3n) is 3.21. The second-order valence-electron chi connectivity index (χ2n) is 4.70. The van der Waals surface area contributed by atoms with Gasteiger partial charge in [0.1, 0.15) is 5.75 Å². The summed E-state index contributed by atoms with van der Waals surface area (Å²) in [5.41, 5.74) is 1.71. The molecule has 0 spiro atoms. The Balaban J connectivity index is 1.82. The van der Waals surface area contributed by atoms with Crippen LogP contribution in [-0.4, -0.2) is 45.1 Å². The van der Waals surface area contributed by atoms with Crippen molar-refractivity contribution in [3.05, 3.63) is 29.8 Å². The van der Waals surface area contributed by atoms with E-state index in [0.29, 0.717) is 19.6 Å². The second-order valence-corrected chi connectivity index (χ2v) is 4.70. The van der Waals surface area contributed by atoms with Crippen molar-refractivity contribution in [1.29, 1.82) is 0 Å². The van der Waals surface area contributed by atoms with E-state index < -0.39 is 6.10 Å². The number of nitrogens with zero attached hydrogens (tertiary/aromatic N) is 1. The highest BCUT2D eigenvalue weighted by molar-refractivity contribution is 6.04. The highest BCUT2D eigenvalue weighted by Crippen LogP contribution is 2.19. The molecule has 1 aromatic carbocycles. The van der Waals surface area contributed by atoms with Crippen molar-refractivity contribution in [2.45, 2.75) is 18.9 Å². The number of rotatable bonds is 7. The fraction of sp³-hybridized carbons (Fsp3) is 0.467. The summed E-state index contributed by atoms with van der Waals surface area (Å²) < 4.78 is 10.0. The molecule has 1 N–H and O–H groups in total. The Morgan fingerprint density at radius 2 is 2.14 bits per heavy atom. The number of nitrogens with one attached hydrogen (secondary N) is 1. The van der Waals surface area contributed by atoms with Gasteiger partial charge in [-0.15, -0.1) is 0 Å². The number of ether oxygens (including phenoxy) is 2. The number of amides is 1. The molecule has 114 valence electrons. The summed E-state index contributed by atoms with van der Waals surface area (Å²) in [6.07, 6.45) is 0.702. The average molecular weight is 292 g/mol. The Hall–Kier alpha value is -2.08. The number of carbonyl (C=O) groups excluding carboxylic acids is 1. The summed E-state index contributed by atoms with van der Waals surface area (Å²) in [5, 5.41) is 6.81. The van der Waals surface area contributed by atoms with Crippen LogP contribution in [0.15, 0.2) is 29.4 Å². The Morgan fingerprint density at radius 1 is 1.38 bits per heavy atom. The zero-order valence-electron chi connectivity index (χ0n) is 12.3. The number of methoxy groups -OCH3 is 2. The van der Waals surface area contributed by atoms with E-state index in [-0.39, 0.29) is 5.91 Å². The molecule has 0 saturated carbocycles. The molecule has 6 heteroatoms. The number of hydrogen-bond donors (Lipinski definition) is 1. The molecule has 0 saturated heterocycles. The molecule has 0 aromatic heterocycles. The van der Waals surface area contributed by atoms with Gasteiger partial charge in [-0.25, -0.2) is 0 Å². The van der Waals surface area contributed by atoms with Gasteiger partial charge in [0, 0.05) is 26.7 Å². The van der Waals surface area contributed by atoms with Crippen molar-refractivity contribution >= 4 is 11.6 Å². The normalized spacial score (nSPS) is 17.0. The first-order valence-corrected chi connectivity index (χ1v) is 6.88. The van der Waals surface area contributed by atoms with Crippen LogP contribution < -0.4 is 10.1 Å². The van der Waals surface area contributed by atoms with Crippen LogP contribution in [0.25, 0.3) is 0 Å². The largest absolute Gasteiger partial charge is 0.497 e. The lowest BCUT2D eigenvalue weighted by Gasteiger charge is -2.09. The van der Waals surface area contributed by atoms with Crippen molar-refractivity contribution < 1.29 is 19.1 Å². The van der Waals surface area contributed by atoms with Crippen LogP contribution >= 0.6 is 0 Å². The SMILES string of the molecule is COCCCNC(=O)C1CC(c2ccc(OC)cc2)=NO1. The topological polar surface area (TPSA) is 69.2 Å². The predicted octanol–water partition coefficient (Wildman–Crippen LogP) is 1.34. The van der Waals surface area contributed by atoms with E-state index in [1.54, 1.807) is 14.2 Å². The summed E-state index contributed by atoms with van der Waals surface area (Å²) in [6, 6.07) is 7.52. The smallest absolute Gasteiger partial charge is 0.264 e. The summed E-state index contributed by atoms with van der Waals surface area (Å²) in [5.74, 6) is 0.643. The molecule has 1 atom stereocenters. The van der Waals surface area contributed by atoms with Gasteiger partial charge in [0.05, 0.1) is 12.8 Å². The van der Waals surface area contributed by atoms with Gasteiger partial charge < -0.3 is 19.6 Å². The molecule has 0 aliphatic carbocycles. The van der Waals surface area contributed by atoms with Crippen LogP contribution in [-0.2, 0) is 14.4 Å². The van der Waals surface area contributed by atoms with E-state index in [9.17, 15) is 4.79 Å². The van der Waals surface area contributed by atoms with Crippen molar-refractivity contribution in [3.8, 4) is 5.75 Å². The van der Waals surface area contributed by atoms with Crippen molar-refractivity contribution in [2.75, 3.05) is 27.4 Å². The molecule has 1 aromatic rings. The monoisotopic (exact) mass is 292 g/mol. The van der Waals surface area contributed by atoms with Crippen molar-refractivity contribution in [1.82, 2.24) is 5.32 Å². The molecule has 0 fully saturated rings. The number of benzene rings is 1. The Kier molecular flexibility index (Phi) is 5.57. The van der Waals surface area contributed by atoms with Crippen LogP contribution in [0.4, 0.5) is 0 Å². The molecule has 1 heterocycles. The molecule has 1 aliphatic heterocycles. The number of hydrogen-bond acceptors (Lipinski definition) is 5. The first-order valence-electron chi connectivity index (χ1n) is 6.88. The van der Waals surface area contributed by atoms with E-state index in [2.05, 4.69) is 10.5 Å². The number of oxime groups is 1. The van der Waals surface area contributed by atoms with Gasteiger partial charge in [0.15, 0.2) is 0 Å². The molecular formula is C15H20N2O4. The quantitative estimate of drug-likeness (QED) is 0.770. The Bertz CT molecular complexity index is 499. The van der Waals surface area contributed by atoms with Crippen molar-refractivity contribution in [3.63, 3.8) is 0 Å². The zero-order chi connectivity index (χ0) is 15.1. The maximum absolute atomic E-state index is 11.9. The minimum Gasteiger partial charge on any atom is -0.497 e. The van der Waals surface area contributed by atoms with Gasteiger partial charge in [-0.05, 0) is 36.2 Å². The third kappa shape index (κ3) is 4.19. The summed E-state index contributed by atoms with van der Waals surface area (Å²) >= 11 is 0. The molecule has 1 aliphatic rings. The lowest BCUT2D eigenvalue weighted by atomic mass is 10.0. The highest BCUT2D eigenvalue weighted by Gasteiger charge is 2.28. The first kappa shape index (κ1) is 15.3.